The molecule has 0 radical (unpaired) electrons. The highest BCUT2D eigenvalue weighted by Gasteiger charge is 2.28. The highest BCUT2D eigenvalue weighted by atomic mass is 35.5. The Morgan fingerprint density at radius 2 is 2.38 bits per heavy atom. The van der Waals surface area contributed by atoms with Crippen molar-refractivity contribution >= 4 is 34.8 Å². The van der Waals surface area contributed by atoms with Crippen LogP contribution in [0.5, 0.6) is 0 Å². The summed E-state index contributed by atoms with van der Waals surface area (Å²) in [6.07, 6.45) is 2.13. The zero-order valence-electron chi connectivity index (χ0n) is 13.1. The second-order valence-corrected chi connectivity index (χ2v) is 6.55. The van der Waals surface area contributed by atoms with E-state index < -0.39 is 0 Å². The highest BCUT2D eigenvalue weighted by molar-refractivity contribution is 7.15. The molecule has 24 heavy (non-hydrogen) atoms. The van der Waals surface area contributed by atoms with Crippen LogP contribution >= 0.6 is 23.7 Å². The van der Waals surface area contributed by atoms with Crippen LogP contribution in [0.4, 0.5) is 9.52 Å². The van der Waals surface area contributed by atoms with Gasteiger partial charge in [-0.3, -0.25) is 4.79 Å². The van der Waals surface area contributed by atoms with Gasteiger partial charge in [-0.15, -0.1) is 23.7 Å². The number of morpholine rings is 1. The number of nitrogens with zero attached hydrogens (tertiary/aromatic N) is 1. The topological polar surface area (TPSA) is 63.2 Å². The van der Waals surface area contributed by atoms with Gasteiger partial charge in [-0.2, -0.15) is 0 Å². The number of aromatic nitrogens is 1. The number of hydrogen-bond donors (Lipinski definition) is 2. The van der Waals surface area contributed by atoms with E-state index in [2.05, 4.69) is 15.6 Å². The lowest BCUT2D eigenvalue weighted by Crippen LogP contribution is -2.53. The smallest absolute Gasteiger partial charge is 0.245 e. The molecule has 3 rings (SSSR count). The van der Waals surface area contributed by atoms with Crippen LogP contribution < -0.4 is 10.6 Å². The highest BCUT2D eigenvalue weighted by Crippen LogP contribution is 2.22. The van der Waals surface area contributed by atoms with Crippen LogP contribution in [-0.4, -0.2) is 36.2 Å². The molecule has 5 nitrogen and oxygen atoms in total. The molecule has 0 aliphatic carbocycles. The van der Waals surface area contributed by atoms with Crippen molar-refractivity contribution in [3.05, 3.63) is 46.7 Å². The van der Waals surface area contributed by atoms with Crippen LogP contribution in [0, 0.1) is 5.82 Å². The Morgan fingerprint density at radius 3 is 3.12 bits per heavy atom. The Morgan fingerprint density at radius 1 is 1.54 bits per heavy atom. The Labute approximate surface area is 150 Å². The summed E-state index contributed by atoms with van der Waals surface area (Å²) < 4.78 is 18.7. The number of rotatable bonds is 4. The maximum atomic E-state index is 13.2. The number of anilines is 1. The molecule has 1 aromatic heterocycles. The van der Waals surface area contributed by atoms with Crippen molar-refractivity contribution in [1.29, 1.82) is 0 Å². The first-order valence-electron chi connectivity index (χ1n) is 7.47. The molecule has 1 saturated heterocycles. The van der Waals surface area contributed by atoms with E-state index in [1.807, 2.05) is 13.0 Å². The van der Waals surface area contributed by atoms with Gasteiger partial charge in [-0.1, -0.05) is 12.1 Å². The SMILES string of the molecule is C[C@H]1OCCN[C@@H]1C(=O)Nc1ncc(Cc2cccc(F)c2)s1.Cl. The third kappa shape index (κ3) is 4.73. The van der Waals surface area contributed by atoms with E-state index in [9.17, 15) is 9.18 Å². The average Bonchev–Trinajstić information content (AvgIpc) is 2.94. The first-order chi connectivity index (χ1) is 11.1. The molecule has 1 aliphatic heterocycles. The van der Waals surface area contributed by atoms with Crippen molar-refractivity contribution in [2.24, 2.45) is 0 Å². The lowest BCUT2D eigenvalue weighted by molar-refractivity contribution is -0.123. The van der Waals surface area contributed by atoms with Crippen LogP contribution in [-0.2, 0) is 16.0 Å². The number of carbonyl (C=O) groups excluding carboxylic acids is 1. The number of benzene rings is 1. The zero-order valence-corrected chi connectivity index (χ0v) is 14.8. The summed E-state index contributed by atoms with van der Waals surface area (Å²) in [5.74, 6) is -0.401. The van der Waals surface area contributed by atoms with Gasteiger partial charge in [0.05, 0.1) is 12.7 Å². The van der Waals surface area contributed by atoms with Gasteiger partial charge in [0, 0.05) is 24.0 Å². The van der Waals surface area contributed by atoms with E-state index in [0.717, 1.165) is 10.4 Å². The molecule has 1 aliphatic rings. The molecular formula is C16H19ClFN3O2S. The number of halogens is 2. The van der Waals surface area contributed by atoms with Crippen LogP contribution in [0.1, 0.15) is 17.4 Å². The summed E-state index contributed by atoms with van der Waals surface area (Å²) in [7, 11) is 0. The molecule has 1 fully saturated rings. The van der Waals surface area contributed by atoms with Gasteiger partial charge in [-0.25, -0.2) is 9.37 Å². The summed E-state index contributed by atoms with van der Waals surface area (Å²) >= 11 is 1.39. The number of thiazole rings is 1. The van der Waals surface area contributed by atoms with E-state index in [4.69, 9.17) is 4.74 Å². The first-order valence-corrected chi connectivity index (χ1v) is 8.28. The minimum absolute atomic E-state index is 0. The molecule has 130 valence electrons. The second kappa shape index (κ2) is 8.53. The van der Waals surface area contributed by atoms with Gasteiger partial charge in [0.15, 0.2) is 5.13 Å². The molecule has 0 bridgehead atoms. The first kappa shape index (κ1) is 18.8. The second-order valence-electron chi connectivity index (χ2n) is 5.44. The van der Waals surface area contributed by atoms with Crippen LogP contribution in [0.15, 0.2) is 30.5 Å². The molecule has 2 aromatic rings. The van der Waals surface area contributed by atoms with Gasteiger partial charge < -0.3 is 15.4 Å². The molecule has 0 spiro atoms. The maximum absolute atomic E-state index is 13.2. The predicted octanol–water partition coefficient (Wildman–Crippen LogP) is 2.61. The number of nitrogens with one attached hydrogen (secondary N) is 2. The Bertz CT molecular complexity index is 697. The third-order valence-corrected chi connectivity index (χ3v) is 4.56. The maximum Gasteiger partial charge on any atom is 0.245 e. The summed E-state index contributed by atoms with van der Waals surface area (Å²) in [4.78, 5) is 17.4. The van der Waals surface area contributed by atoms with Crippen LogP contribution in [0.25, 0.3) is 0 Å². The lowest BCUT2D eigenvalue weighted by Gasteiger charge is -2.28. The Balaban J connectivity index is 0.00000208. The fraction of sp³-hybridized carbons (Fsp3) is 0.375. The van der Waals surface area contributed by atoms with Crippen molar-refractivity contribution in [2.45, 2.75) is 25.5 Å². The molecular weight excluding hydrogens is 353 g/mol. The number of hydrogen-bond acceptors (Lipinski definition) is 5. The van der Waals surface area contributed by atoms with Crippen molar-refractivity contribution in [3.63, 3.8) is 0 Å². The fourth-order valence-corrected chi connectivity index (χ4v) is 3.36. The van der Waals surface area contributed by atoms with Gasteiger partial charge in [0.1, 0.15) is 11.9 Å². The Kier molecular flexibility index (Phi) is 6.68. The van der Waals surface area contributed by atoms with Gasteiger partial charge in [0.2, 0.25) is 5.91 Å². The third-order valence-electron chi connectivity index (χ3n) is 3.65. The standard InChI is InChI=1S/C16H18FN3O2S.ClH/c1-10-14(18-5-6-22-10)15(21)20-16-19-9-13(23-16)8-11-3-2-4-12(17)7-11;/h2-4,7,9-10,14,18H,5-6,8H2,1H3,(H,19,20,21);1H/t10-,14+;/m1./s1. The van der Waals surface area contributed by atoms with Gasteiger partial charge in [-0.05, 0) is 24.6 Å². The molecule has 2 N–H and O–H groups in total. The quantitative estimate of drug-likeness (QED) is 0.867. The van der Waals surface area contributed by atoms with E-state index >= 15 is 0 Å². The zero-order chi connectivity index (χ0) is 16.2. The van der Waals surface area contributed by atoms with Crippen molar-refractivity contribution < 1.29 is 13.9 Å². The summed E-state index contributed by atoms with van der Waals surface area (Å²) in [6.45, 7) is 3.14. The van der Waals surface area contributed by atoms with E-state index in [-0.39, 0.29) is 36.3 Å². The molecule has 0 unspecified atom stereocenters. The lowest BCUT2D eigenvalue weighted by atomic mass is 10.1. The molecule has 2 heterocycles. The monoisotopic (exact) mass is 371 g/mol. The van der Waals surface area contributed by atoms with E-state index in [1.54, 1.807) is 12.3 Å². The molecule has 0 saturated carbocycles. The van der Waals surface area contributed by atoms with E-state index in [0.29, 0.717) is 24.7 Å². The predicted molar refractivity (Wildman–Crippen MR) is 94.4 cm³/mol. The van der Waals surface area contributed by atoms with Crippen LogP contribution in [0.2, 0.25) is 0 Å². The Hall–Kier alpha value is -1.54. The van der Waals surface area contributed by atoms with E-state index in [1.165, 1.54) is 23.5 Å². The fourth-order valence-electron chi connectivity index (χ4n) is 2.51. The summed E-state index contributed by atoms with van der Waals surface area (Å²) in [5.41, 5.74) is 0.877. The average molecular weight is 372 g/mol. The summed E-state index contributed by atoms with van der Waals surface area (Å²) in [6, 6.07) is 6.10. The van der Waals surface area contributed by atoms with Crippen molar-refractivity contribution in [1.82, 2.24) is 10.3 Å². The molecule has 1 aromatic carbocycles. The largest absolute Gasteiger partial charge is 0.375 e. The minimum Gasteiger partial charge on any atom is -0.375 e. The molecule has 8 heteroatoms. The van der Waals surface area contributed by atoms with Gasteiger partial charge in [0.25, 0.3) is 0 Å². The minimum atomic E-state index is -0.376. The number of carbonyl (C=O) groups is 1. The van der Waals surface area contributed by atoms with Crippen molar-refractivity contribution in [2.75, 3.05) is 18.5 Å². The summed E-state index contributed by atoms with van der Waals surface area (Å²) in [5, 5.41) is 6.49. The molecule has 2 atom stereocenters. The van der Waals surface area contributed by atoms with Crippen molar-refractivity contribution in [3.8, 4) is 0 Å². The molecule has 1 amide bonds. The number of ether oxygens (including phenoxy) is 1. The van der Waals surface area contributed by atoms with Gasteiger partial charge >= 0.3 is 0 Å². The normalized spacial score (nSPS) is 20.2. The number of amides is 1. The van der Waals surface area contributed by atoms with Crippen LogP contribution in [0.3, 0.4) is 0 Å².